The third-order valence-corrected chi connectivity index (χ3v) is 6.91. The molecule has 0 heterocycles. The Hall–Kier alpha value is 0. The van der Waals surface area contributed by atoms with E-state index in [1.807, 2.05) is 13.8 Å². The molecule has 0 aromatic heterocycles. The highest BCUT2D eigenvalue weighted by molar-refractivity contribution is 4.93. The molecule has 5 unspecified atom stereocenters. The molecule has 1 saturated carbocycles. The predicted molar refractivity (Wildman–Crippen MR) is 103 cm³/mol. The summed E-state index contributed by atoms with van der Waals surface area (Å²) < 4.78 is 0. The van der Waals surface area contributed by atoms with Crippen LogP contribution in [0, 0.1) is 29.1 Å². The average molecular weight is 311 g/mol. The molecule has 134 valence electrons. The number of hydrogen-bond donors (Lipinski definition) is 0. The standard InChI is InChI=1S/C20H40.C2H6/c1-7-10-11-12-13-19-17(5)20(6,9-3)15-14-18(19)16(4)8-2;1-2/h16-19H,7-15H2,1-6H3;1-2H3. The Morgan fingerprint density at radius 1 is 1.05 bits per heavy atom. The van der Waals surface area contributed by atoms with E-state index in [4.69, 9.17) is 0 Å². The monoisotopic (exact) mass is 310 g/mol. The highest BCUT2D eigenvalue weighted by Crippen LogP contribution is 2.52. The van der Waals surface area contributed by atoms with Gasteiger partial charge in [0.2, 0.25) is 0 Å². The van der Waals surface area contributed by atoms with E-state index in [-0.39, 0.29) is 0 Å². The van der Waals surface area contributed by atoms with Gasteiger partial charge in [0.25, 0.3) is 0 Å². The first-order valence-electron chi connectivity index (χ1n) is 10.5. The first kappa shape index (κ1) is 22.0. The van der Waals surface area contributed by atoms with Crippen molar-refractivity contribution >= 4 is 0 Å². The van der Waals surface area contributed by atoms with Crippen molar-refractivity contribution in [1.29, 1.82) is 0 Å². The third-order valence-electron chi connectivity index (χ3n) is 6.91. The van der Waals surface area contributed by atoms with E-state index in [1.54, 1.807) is 0 Å². The summed E-state index contributed by atoms with van der Waals surface area (Å²) in [6.07, 6.45) is 12.9. The van der Waals surface area contributed by atoms with Gasteiger partial charge < -0.3 is 0 Å². The van der Waals surface area contributed by atoms with Crippen LogP contribution in [0.3, 0.4) is 0 Å². The molecule has 1 aliphatic carbocycles. The van der Waals surface area contributed by atoms with Crippen LogP contribution in [0.2, 0.25) is 0 Å². The molecule has 0 nitrogen and oxygen atoms in total. The van der Waals surface area contributed by atoms with Gasteiger partial charge in [0.1, 0.15) is 0 Å². The van der Waals surface area contributed by atoms with Gasteiger partial charge in [-0.15, -0.1) is 0 Å². The third kappa shape index (κ3) is 5.89. The number of hydrogen-bond acceptors (Lipinski definition) is 0. The van der Waals surface area contributed by atoms with Crippen LogP contribution in [0.5, 0.6) is 0 Å². The molecule has 1 fully saturated rings. The fraction of sp³-hybridized carbons (Fsp3) is 1.00. The van der Waals surface area contributed by atoms with Crippen molar-refractivity contribution in [2.45, 2.75) is 113 Å². The van der Waals surface area contributed by atoms with Gasteiger partial charge in [-0.3, -0.25) is 0 Å². The van der Waals surface area contributed by atoms with Crippen LogP contribution < -0.4 is 0 Å². The van der Waals surface area contributed by atoms with Gasteiger partial charge in [0.15, 0.2) is 0 Å². The molecule has 0 heteroatoms. The molecular formula is C22H46. The van der Waals surface area contributed by atoms with E-state index in [0.717, 1.165) is 23.7 Å². The van der Waals surface area contributed by atoms with Gasteiger partial charge in [-0.25, -0.2) is 0 Å². The Balaban J connectivity index is 0.00000211. The molecule has 0 spiro atoms. The maximum Gasteiger partial charge on any atom is -0.0300 e. The Morgan fingerprint density at radius 2 is 1.68 bits per heavy atom. The zero-order valence-corrected chi connectivity index (χ0v) is 17.2. The molecular weight excluding hydrogens is 264 g/mol. The van der Waals surface area contributed by atoms with Crippen molar-refractivity contribution in [2.75, 3.05) is 0 Å². The molecule has 0 saturated heterocycles. The van der Waals surface area contributed by atoms with Gasteiger partial charge in [-0.1, -0.05) is 93.9 Å². The molecule has 5 atom stereocenters. The summed E-state index contributed by atoms with van der Waals surface area (Å²) in [5, 5.41) is 0. The SMILES string of the molecule is CC.CCCCCCC1C(C(C)CC)CCC(C)(CC)C1C. The second kappa shape index (κ2) is 11.5. The van der Waals surface area contributed by atoms with Gasteiger partial charge in [-0.2, -0.15) is 0 Å². The summed E-state index contributed by atoms with van der Waals surface area (Å²) in [5.74, 6) is 3.83. The van der Waals surface area contributed by atoms with E-state index >= 15 is 0 Å². The van der Waals surface area contributed by atoms with E-state index in [0.29, 0.717) is 5.41 Å². The quantitative estimate of drug-likeness (QED) is 0.397. The summed E-state index contributed by atoms with van der Waals surface area (Å²) >= 11 is 0. The van der Waals surface area contributed by atoms with E-state index in [1.165, 1.54) is 57.8 Å². The highest BCUT2D eigenvalue weighted by atomic mass is 14.5. The number of unbranched alkanes of at least 4 members (excludes halogenated alkanes) is 3. The summed E-state index contributed by atoms with van der Waals surface area (Å²) in [6.45, 7) is 18.8. The molecule has 0 aromatic rings. The fourth-order valence-electron chi connectivity index (χ4n) is 4.60. The second-order valence-corrected chi connectivity index (χ2v) is 7.90. The van der Waals surface area contributed by atoms with Crippen molar-refractivity contribution in [1.82, 2.24) is 0 Å². The zero-order chi connectivity index (χ0) is 17.2. The van der Waals surface area contributed by atoms with Crippen LogP contribution in [0.4, 0.5) is 0 Å². The van der Waals surface area contributed by atoms with Crippen LogP contribution >= 0.6 is 0 Å². The molecule has 1 aliphatic rings. The smallest absolute Gasteiger partial charge is 0.0300 e. The minimum absolute atomic E-state index is 0.611. The van der Waals surface area contributed by atoms with Crippen LogP contribution in [0.25, 0.3) is 0 Å². The van der Waals surface area contributed by atoms with Crippen molar-refractivity contribution in [3.63, 3.8) is 0 Å². The van der Waals surface area contributed by atoms with E-state index in [9.17, 15) is 0 Å². The van der Waals surface area contributed by atoms with Crippen LogP contribution in [0.15, 0.2) is 0 Å². The van der Waals surface area contributed by atoms with Crippen molar-refractivity contribution in [2.24, 2.45) is 29.1 Å². The first-order chi connectivity index (χ1) is 10.5. The summed E-state index contributed by atoms with van der Waals surface area (Å²) in [5.41, 5.74) is 0.611. The normalized spacial score (nSPS) is 33.0. The van der Waals surface area contributed by atoms with E-state index in [2.05, 4.69) is 41.5 Å². The molecule has 0 amide bonds. The van der Waals surface area contributed by atoms with Crippen molar-refractivity contribution in [3.05, 3.63) is 0 Å². The van der Waals surface area contributed by atoms with Crippen molar-refractivity contribution in [3.8, 4) is 0 Å². The van der Waals surface area contributed by atoms with E-state index < -0.39 is 0 Å². The van der Waals surface area contributed by atoms with Crippen molar-refractivity contribution < 1.29 is 0 Å². The summed E-state index contributed by atoms with van der Waals surface area (Å²) in [7, 11) is 0. The van der Waals surface area contributed by atoms with Crippen LogP contribution in [-0.2, 0) is 0 Å². The maximum atomic E-state index is 2.57. The molecule has 0 N–H and O–H groups in total. The molecule has 0 radical (unpaired) electrons. The van der Waals surface area contributed by atoms with Gasteiger partial charge in [-0.05, 0) is 48.3 Å². The van der Waals surface area contributed by atoms with Crippen LogP contribution in [-0.4, -0.2) is 0 Å². The van der Waals surface area contributed by atoms with Gasteiger partial charge in [0.05, 0.1) is 0 Å². The molecule has 0 aliphatic heterocycles. The Kier molecular flexibility index (Phi) is 11.5. The lowest BCUT2D eigenvalue weighted by molar-refractivity contribution is -0.00395. The topological polar surface area (TPSA) is 0 Å². The minimum Gasteiger partial charge on any atom is -0.0683 e. The summed E-state index contributed by atoms with van der Waals surface area (Å²) in [4.78, 5) is 0. The molecule has 1 rings (SSSR count). The zero-order valence-electron chi connectivity index (χ0n) is 17.2. The lowest BCUT2D eigenvalue weighted by atomic mass is 9.55. The predicted octanol–water partition coefficient (Wildman–Crippen LogP) is 8.11. The lowest BCUT2D eigenvalue weighted by Gasteiger charge is -2.50. The Morgan fingerprint density at radius 3 is 2.18 bits per heavy atom. The summed E-state index contributed by atoms with van der Waals surface area (Å²) in [6, 6.07) is 0. The molecule has 22 heavy (non-hydrogen) atoms. The fourth-order valence-corrected chi connectivity index (χ4v) is 4.60. The van der Waals surface area contributed by atoms with Gasteiger partial charge in [0, 0.05) is 0 Å². The Bertz CT molecular complexity index is 255. The van der Waals surface area contributed by atoms with Gasteiger partial charge >= 0.3 is 0 Å². The largest absolute Gasteiger partial charge is 0.0683 e. The first-order valence-corrected chi connectivity index (χ1v) is 10.5. The maximum absolute atomic E-state index is 2.57. The Labute approximate surface area is 142 Å². The minimum atomic E-state index is 0.611. The average Bonchev–Trinajstić information content (AvgIpc) is 2.56. The highest BCUT2D eigenvalue weighted by Gasteiger charge is 2.43. The lowest BCUT2D eigenvalue weighted by Crippen LogP contribution is -2.41. The molecule has 0 bridgehead atoms. The second-order valence-electron chi connectivity index (χ2n) is 7.90. The van der Waals surface area contributed by atoms with Crippen LogP contribution in [0.1, 0.15) is 113 Å². The molecule has 0 aromatic carbocycles. The number of rotatable bonds is 8.